The van der Waals surface area contributed by atoms with Gasteiger partial charge in [0.2, 0.25) is 0 Å². The molecule has 0 aliphatic heterocycles. The molecule has 0 amide bonds. The zero-order valence-corrected chi connectivity index (χ0v) is 7.05. The molecule has 0 radical (unpaired) electrons. The Kier molecular flexibility index (Phi) is 1.85. The molecule has 0 aromatic rings. The average Bonchev–Trinajstić information content (AvgIpc) is 2.06. The first-order valence-corrected chi connectivity index (χ1v) is 4.73. The molecule has 0 N–H and O–H groups in total. The molecule has 2 atom stereocenters. The highest BCUT2D eigenvalue weighted by atomic mass is 14.3. The van der Waals surface area contributed by atoms with Crippen molar-refractivity contribution in [1.82, 2.24) is 0 Å². The Bertz CT molecular complexity index is 188. The highest BCUT2D eigenvalue weighted by Crippen LogP contribution is 2.39. The number of hydrogen-bond donors (Lipinski definition) is 0. The molecule has 2 unspecified atom stereocenters. The summed E-state index contributed by atoms with van der Waals surface area (Å²) in [6, 6.07) is 0. The van der Waals surface area contributed by atoms with Crippen LogP contribution >= 0.6 is 0 Å². The van der Waals surface area contributed by atoms with Crippen LogP contribution in [0.5, 0.6) is 0 Å². The highest BCUT2D eigenvalue weighted by Gasteiger charge is 2.27. The molecule has 0 aromatic carbocycles. The van der Waals surface area contributed by atoms with Crippen LogP contribution in [0, 0.1) is 11.8 Å². The summed E-state index contributed by atoms with van der Waals surface area (Å²) in [5.74, 6) is 1.79. The average molecular weight is 148 g/mol. The summed E-state index contributed by atoms with van der Waals surface area (Å²) in [6.07, 6.45) is 11.5. The standard InChI is InChI=1S/C11H16/c1-9-5-4-7-10-6-2-3-8-11(9)10/h4-5,10-11H,1-3,6-8H2. The zero-order chi connectivity index (χ0) is 7.68. The van der Waals surface area contributed by atoms with Crippen LogP contribution in [0.2, 0.25) is 0 Å². The Balaban J connectivity index is 2.14. The lowest BCUT2D eigenvalue weighted by molar-refractivity contribution is 0.271. The number of allylic oxidation sites excluding steroid dienone is 3. The van der Waals surface area contributed by atoms with Gasteiger partial charge < -0.3 is 0 Å². The molecule has 11 heavy (non-hydrogen) atoms. The van der Waals surface area contributed by atoms with Gasteiger partial charge in [-0.2, -0.15) is 0 Å². The maximum absolute atomic E-state index is 4.11. The van der Waals surface area contributed by atoms with Crippen LogP contribution in [0.1, 0.15) is 32.1 Å². The van der Waals surface area contributed by atoms with E-state index in [9.17, 15) is 0 Å². The topological polar surface area (TPSA) is 0 Å². The molecule has 0 heterocycles. The molecule has 0 aromatic heterocycles. The predicted molar refractivity (Wildman–Crippen MR) is 48.3 cm³/mol. The van der Waals surface area contributed by atoms with E-state index in [1.165, 1.54) is 37.7 Å². The Hall–Kier alpha value is -0.520. The third-order valence-electron chi connectivity index (χ3n) is 3.16. The lowest BCUT2D eigenvalue weighted by Gasteiger charge is -2.34. The summed E-state index contributed by atoms with van der Waals surface area (Å²) in [4.78, 5) is 0. The Morgan fingerprint density at radius 2 is 2.09 bits per heavy atom. The molecule has 2 rings (SSSR count). The molecule has 1 fully saturated rings. The van der Waals surface area contributed by atoms with Crippen molar-refractivity contribution in [2.45, 2.75) is 32.1 Å². The normalized spacial score (nSPS) is 36.9. The van der Waals surface area contributed by atoms with Crippen molar-refractivity contribution in [2.24, 2.45) is 11.8 Å². The smallest absolute Gasteiger partial charge is 0.0137 e. The third-order valence-corrected chi connectivity index (χ3v) is 3.16. The first kappa shape index (κ1) is 7.15. The van der Waals surface area contributed by atoms with E-state index in [0.29, 0.717) is 0 Å². The van der Waals surface area contributed by atoms with Crippen molar-refractivity contribution in [3.8, 4) is 0 Å². The van der Waals surface area contributed by atoms with E-state index in [4.69, 9.17) is 0 Å². The van der Waals surface area contributed by atoms with Crippen LogP contribution in [-0.2, 0) is 0 Å². The second-order valence-electron chi connectivity index (χ2n) is 3.86. The molecule has 60 valence electrons. The summed E-state index contributed by atoms with van der Waals surface area (Å²) in [5, 5.41) is 0. The van der Waals surface area contributed by atoms with E-state index in [-0.39, 0.29) is 0 Å². The lowest BCUT2D eigenvalue weighted by Crippen LogP contribution is -2.22. The van der Waals surface area contributed by atoms with Crippen molar-refractivity contribution < 1.29 is 0 Å². The van der Waals surface area contributed by atoms with Crippen molar-refractivity contribution in [1.29, 1.82) is 0 Å². The Morgan fingerprint density at radius 3 is 2.91 bits per heavy atom. The van der Waals surface area contributed by atoms with Crippen molar-refractivity contribution in [3.05, 3.63) is 24.3 Å². The van der Waals surface area contributed by atoms with Gasteiger partial charge in [0, 0.05) is 0 Å². The van der Waals surface area contributed by atoms with Crippen LogP contribution in [0.3, 0.4) is 0 Å². The molecular formula is C11H16. The third kappa shape index (κ3) is 1.26. The van der Waals surface area contributed by atoms with Crippen LogP contribution < -0.4 is 0 Å². The predicted octanol–water partition coefficient (Wildman–Crippen LogP) is 3.31. The van der Waals surface area contributed by atoms with Gasteiger partial charge in [-0.05, 0) is 31.1 Å². The van der Waals surface area contributed by atoms with Crippen LogP contribution in [0.25, 0.3) is 0 Å². The van der Waals surface area contributed by atoms with Gasteiger partial charge >= 0.3 is 0 Å². The van der Waals surface area contributed by atoms with E-state index >= 15 is 0 Å². The van der Waals surface area contributed by atoms with Gasteiger partial charge in [0.15, 0.2) is 0 Å². The first-order chi connectivity index (χ1) is 5.38. The first-order valence-electron chi connectivity index (χ1n) is 4.73. The highest BCUT2D eigenvalue weighted by molar-refractivity contribution is 5.23. The molecule has 0 saturated heterocycles. The number of hydrogen-bond acceptors (Lipinski definition) is 0. The van der Waals surface area contributed by atoms with E-state index in [1.54, 1.807) is 0 Å². The molecular weight excluding hydrogens is 132 g/mol. The molecule has 0 heteroatoms. The molecule has 0 bridgehead atoms. The molecule has 0 nitrogen and oxygen atoms in total. The summed E-state index contributed by atoms with van der Waals surface area (Å²) in [7, 11) is 0. The largest absolute Gasteiger partial charge is 0.0956 e. The SMILES string of the molecule is C=C1C=CCC2CCCCC12. The van der Waals surface area contributed by atoms with Crippen LogP contribution in [-0.4, -0.2) is 0 Å². The Labute approximate surface area is 69.0 Å². The quantitative estimate of drug-likeness (QED) is 0.494. The fraction of sp³-hybridized carbons (Fsp3) is 0.636. The van der Waals surface area contributed by atoms with Gasteiger partial charge in [-0.25, -0.2) is 0 Å². The van der Waals surface area contributed by atoms with Gasteiger partial charge in [-0.3, -0.25) is 0 Å². The minimum atomic E-state index is 0.841. The molecule has 2 aliphatic rings. The van der Waals surface area contributed by atoms with Crippen molar-refractivity contribution >= 4 is 0 Å². The summed E-state index contributed by atoms with van der Waals surface area (Å²) < 4.78 is 0. The van der Waals surface area contributed by atoms with Crippen LogP contribution in [0.15, 0.2) is 24.3 Å². The molecule has 2 aliphatic carbocycles. The monoisotopic (exact) mass is 148 g/mol. The maximum Gasteiger partial charge on any atom is -0.0137 e. The summed E-state index contributed by atoms with van der Waals surface area (Å²) >= 11 is 0. The van der Waals surface area contributed by atoms with E-state index in [1.807, 2.05) is 0 Å². The molecule has 0 spiro atoms. The van der Waals surface area contributed by atoms with Gasteiger partial charge in [0.25, 0.3) is 0 Å². The Morgan fingerprint density at radius 1 is 1.27 bits per heavy atom. The van der Waals surface area contributed by atoms with E-state index in [0.717, 1.165) is 11.8 Å². The fourth-order valence-corrected chi connectivity index (χ4v) is 2.50. The number of rotatable bonds is 0. The molecule has 1 saturated carbocycles. The zero-order valence-electron chi connectivity index (χ0n) is 7.05. The second kappa shape index (κ2) is 2.84. The van der Waals surface area contributed by atoms with Crippen molar-refractivity contribution in [3.63, 3.8) is 0 Å². The lowest BCUT2D eigenvalue weighted by atomic mass is 9.71. The van der Waals surface area contributed by atoms with Crippen molar-refractivity contribution in [2.75, 3.05) is 0 Å². The number of fused-ring (bicyclic) bond motifs is 1. The summed E-state index contributed by atoms with van der Waals surface area (Å²) in [5.41, 5.74) is 1.39. The minimum Gasteiger partial charge on any atom is -0.0956 e. The van der Waals surface area contributed by atoms with Gasteiger partial charge in [0.1, 0.15) is 0 Å². The van der Waals surface area contributed by atoms with E-state index < -0.39 is 0 Å². The van der Waals surface area contributed by atoms with Gasteiger partial charge in [-0.1, -0.05) is 37.1 Å². The van der Waals surface area contributed by atoms with Gasteiger partial charge in [-0.15, -0.1) is 0 Å². The fourth-order valence-electron chi connectivity index (χ4n) is 2.50. The maximum atomic E-state index is 4.11. The van der Waals surface area contributed by atoms with Crippen LogP contribution in [0.4, 0.5) is 0 Å². The minimum absolute atomic E-state index is 0.841. The van der Waals surface area contributed by atoms with E-state index in [2.05, 4.69) is 18.7 Å². The summed E-state index contributed by atoms with van der Waals surface area (Å²) in [6.45, 7) is 4.11. The second-order valence-corrected chi connectivity index (χ2v) is 3.86. The van der Waals surface area contributed by atoms with Gasteiger partial charge in [0.05, 0.1) is 0 Å².